The van der Waals surface area contributed by atoms with Crippen LogP contribution in [0.1, 0.15) is 23.2 Å². The van der Waals surface area contributed by atoms with Crippen molar-refractivity contribution < 1.29 is 9.59 Å². The molecule has 0 aromatic carbocycles. The SMILES string of the molecule is O=C(c1cccnc1)N1CCN(C(=O)C2CCN(c3cnccn3)CC2)CC1. The molecule has 8 nitrogen and oxygen atoms in total. The summed E-state index contributed by atoms with van der Waals surface area (Å²) >= 11 is 0. The van der Waals surface area contributed by atoms with Crippen LogP contribution in [0.2, 0.25) is 0 Å². The molecule has 2 aliphatic heterocycles. The number of rotatable bonds is 3. The van der Waals surface area contributed by atoms with Crippen molar-refractivity contribution >= 4 is 17.6 Å². The molecular weight excluding hydrogens is 356 g/mol. The van der Waals surface area contributed by atoms with Crippen molar-refractivity contribution in [2.45, 2.75) is 12.8 Å². The molecule has 0 saturated carbocycles. The lowest BCUT2D eigenvalue weighted by Gasteiger charge is -2.38. The third-order valence-electron chi connectivity index (χ3n) is 5.50. The Morgan fingerprint density at radius 2 is 1.57 bits per heavy atom. The molecule has 0 radical (unpaired) electrons. The zero-order chi connectivity index (χ0) is 19.3. The molecule has 0 atom stereocenters. The van der Waals surface area contributed by atoms with Crippen LogP contribution in [0.4, 0.5) is 5.82 Å². The maximum atomic E-state index is 12.9. The number of carbonyl (C=O) groups is 2. The normalized spacial score (nSPS) is 18.2. The summed E-state index contributed by atoms with van der Waals surface area (Å²) in [6.07, 6.45) is 10.0. The van der Waals surface area contributed by atoms with E-state index in [2.05, 4.69) is 19.9 Å². The lowest BCUT2D eigenvalue weighted by Crippen LogP contribution is -2.53. The van der Waals surface area contributed by atoms with Crippen LogP contribution in [0, 0.1) is 5.92 Å². The molecule has 0 spiro atoms. The van der Waals surface area contributed by atoms with Gasteiger partial charge in [-0.15, -0.1) is 0 Å². The van der Waals surface area contributed by atoms with E-state index in [1.165, 1.54) is 0 Å². The molecule has 0 N–H and O–H groups in total. The third-order valence-corrected chi connectivity index (χ3v) is 5.50. The van der Waals surface area contributed by atoms with Gasteiger partial charge < -0.3 is 14.7 Å². The number of piperidine rings is 1. The fraction of sp³-hybridized carbons (Fsp3) is 0.450. The molecule has 4 heterocycles. The van der Waals surface area contributed by atoms with Crippen LogP contribution in [0.25, 0.3) is 0 Å². The lowest BCUT2D eigenvalue weighted by atomic mass is 9.95. The van der Waals surface area contributed by atoms with Crippen LogP contribution >= 0.6 is 0 Å². The van der Waals surface area contributed by atoms with Crippen LogP contribution in [0.5, 0.6) is 0 Å². The van der Waals surface area contributed by atoms with Gasteiger partial charge in [0, 0.05) is 70.0 Å². The first-order chi connectivity index (χ1) is 13.7. The third kappa shape index (κ3) is 3.95. The average Bonchev–Trinajstić information content (AvgIpc) is 2.79. The average molecular weight is 380 g/mol. The van der Waals surface area contributed by atoms with Crippen LogP contribution < -0.4 is 4.90 Å². The van der Waals surface area contributed by atoms with Crippen LogP contribution in [0.15, 0.2) is 43.1 Å². The molecule has 2 aromatic rings. The summed E-state index contributed by atoms with van der Waals surface area (Å²) < 4.78 is 0. The molecule has 8 heteroatoms. The summed E-state index contributed by atoms with van der Waals surface area (Å²) in [6, 6.07) is 3.54. The molecule has 0 unspecified atom stereocenters. The molecule has 4 rings (SSSR count). The van der Waals surface area contributed by atoms with Crippen molar-refractivity contribution in [3.63, 3.8) is 0 Å². The quantitative estimate of drug-likeness (QED) is 0.792. The Kier molecular flexibility index (Phi) is 5.45. The number of amides is 2. The highest BCUT2D eigenvalue weighted by molar-refractivity contribution is 5.94. The van der Waals surface area contributed by atoms with Gasteiger partial charge in [0.2, 0.25) is 5.91 Å². The molecule has 0 bridgehead atoms. The Morgan fingerprint density at radius 1 is 0.857 bits per heavy atom. The number of carbonyl (C=O) groups excluding carboxylic acids is 2. The first-order valence-corrected chi connectivity index (χ1v) is 9.71. The summed E-state index contributed by atoms with van der Waals surface area (Å²) in [6.45, 7) is 3.95. The lowest BCUT2D eigenvalue weighted by molar-refractivity contribution is -0.137. The highest BCUT2D eigenvalue weighted by Gasteiger charge is 2.31. The highest BCUT2D eigenvalue weighted by Crippen LogP contribution is 2.23. The van der Waals surface area contributed by atoms with E-state index in [4.69, 9.17) is 0 Å². The number of piperazine rings is 1. The Bertz CT molecular complexity index is 800. The van der Waals surface area contributed by atoms with Crippen molar-refractivity contribution in [2.75, 3.05) is 44.2 Å². The van der Waals surface area contributed by atoms with Crippen LogP contribution in [-0.2, 0) is 4.79 Å². The molecular formula is C20H24N6O2. The van der Waals surface area contributed by atoms with Gasteiger partial charge in [-0.1, -0.05) is 0 Å². The largest absolute Gasteiger partial charge is 0.355 e. The zero-order valence-electron chi connectivity index (χ0n) is 15.8. The van der Waals surface area contributed by atoms with Gasteiger partial charge in [-0.25, -0.2) is 4.98 Å². The Labute approximate surface area is 164 Å². The maximum Gasteiger partial charge on any atom is 0.255 e. The van der Waals surface area contributed by atoms with Gasteiger partial charge in [0.15, 0.2) is 0 Å². The molecule has 2 aliphatic rings. The van der Waals surface area contributed by atoms with Gasteiger partial charge >= 0.3 is 0 Å². The van der Waals surface area contributed by atoms with E-state index in [0.717, 1.165) is 31.7 Å². The van der Waals surface area contributed by atoms with Crippen molar-refractivity contribution in [3.8, 4) is 0 Å². The minimum Gasteiger partial charge on any atom is -0.355 e. The van der Waals surface area contributed by atoms with E-state index in [-0.39, 0.29) is 17.7 Å². The van der Waals surface area contributed by atoms with Gasteiger partial charge in [0.25, 0.3) is 5.91 Å². The van der Waals surface area contributed by atoms with E-state index >= 15 is 0 Å². The predicted octanol–water partition coefficient (Wildman–Crippen LogP) is 1.07. The molecule has 0 aliphatic carbocycles. The number of hydrogen-bond donors (Lipinski definition) is 0. The van der Waals surface area contributed by atoms with Crippen molar-refractivity contribution in [1.29, 1.82) is 0 Å². The number of aromatic nitrogens is 3. The van der Waals surface area contributed by atoms with Gasteiger partial charge in [-0.3, -0.25) is 19.6 Å². The molecule has 146 valence electrons. The topological polar surface area (TPSA) is 82.5 Å². The number of anilines is 1. The van der Waals surface area contributed by atoms with Crippen molar-refractivity contribution in [2.24, 2.45) is 5.92 Å². The first kappa shape index (κ1) is 18.3. The van der Waals surface area contributed by atoms with E-state index < -0.39 is 0 Å². The fourth-order valence-electron chi connectivity index (χ4n) is 3.87. The van der Waals surface area contributed by atoms with E-state index in [9.17, 15) is 9.59 Å². The van der Waals surface area contributed by atoms with Gasteiger partial charge in [0.1, 0.15) is 5.82 Å². The smallest absolute Gasteiger partial charge is 0.255 e. The number of nitrogens with zero attached hydrogens (tertiary/aromatic N) is 6. The standard InChI is InChI=1S/C20H24N6O2/c27-19(16-3-8-24(9-4-16)18-15-22-6-7-23-18)25-10-12-26(13-11-25)20(28)17-2-1-5-21-14-17/h1-2,5-7,14-16H,3-4,8-13H2. The highest BCUT2D eigenvalue weighted by atomic mass is 16.2. The zero-order valence-corrected chi connectivity index (χ0v) is 15.8. The number of hydrogen-bond acceptors (Lipinski definition) is 6. The molecule has 28 heavy (non-hydrogen) atoms. The summed E-state index contributed by atoms with van der Waals surface area (Å²) in [4.78, 5) is 43.8. The summed E-state index contributed by atoms with van der Waals surface area (Å²) in [7, 11) is 0. The fourth-order valence-corrected chi connectivity index (χ4v) is 3.87. The van der Waals surface area contributed by atoms with Crippen LogP contribution in [0.3, 0.4) is 0 Å². The molecule has 2 fully saturated rings. The maximum absolute atomic E-state index is 12.9. The number of pyridine rings is 1. The predicted molar refractivity (Wildman–Crippen MR) is 104 cm³/mol. The monoisotopic (exact) mass is 380 g/mol. The second-order valence-corrected chi connectivity index (χ2v) is 7.18. The Morgan fingerprint density at radius 3 is 2.21 bits per heavy atom. The van der Waals surface area contributed by atoms with Gasteiger partial charge in [-0.2, -0.15) is 0 Å². The molecule has 2 aromatic heterocycles. The Hall–Kier alpha value is -3.03. The van der Waals surface area contributed by atoms with E-state index in [1.54, 1.807) is 48.0 Å². The van der Waals surface area contributed by atoms with Crippen molar-refractivity contribution in [3.05, 3.63) is 48.7 Å². The second-order valence-electron chi connectivity index (χ2n) is 7.18. The van der Waals surface area contributed by atoms with E-state index in [0.29, 0.717) is 31.7 Å². The summed E-state index contributed by atoms with van der Waals surface area (Å²) in [5, 5.41) is 0. The summed E-state index contributed by atoms with van der Waals surface area (Å²) in [5.41, 5.74) is 0.596. The van der Waals surface area contributed by atoms with Crippen LogP contribution in [-0.4, -0.2) is 75.8 Å². The van der Waals surface area contributed by atoms with Gasteiger partial charge in [-0.05, 0) is 25.0 Å². The summed E-state index contributed by atoms with van der Waals surface area (Å²) in [5.74, 6) is 1.12. The first-order valence-electron chi connectivity index (χ1n) is 9.71. The second kappa shape index (κ2) is 8.33. The minimum atomic E-state index is -0.0162. The molecule has 2 saturated heterocycles. The van der Waals surface area contributed by atoms with Gasteiger partial charge in [0.05, 0.1) is 11.8 Å². The molecule has 2 amide bonds. The van der Waals surface area contributed by atoms with E-state index in [1.807, 2.05) is 4.90 Å². The Balaban J connectivity index is 1.27. The minimum absolute atomic E-state index is 0.0162. The van der Waals surface area contributed by atoms with Crippen molar-refractivity contribution in [1.82, 2.24) is 24.8 Å².